The van der Waals surface area contributed by atoms with Crippen molar-refractivity contribution in [1.82, 2.24) is 0 Å². The highest BCUT2D eigenvalue weighted by Gasteiger charge is 2.44. The molecule has 31 heavy (non-hydrogen) atoms. The van der Waals surface area contributed by atoms with Crippen molar-refractivity contribution in [1.29, 1.82) is 0 Å². The van der Waals surface area contributed by atoms with Gasteiger partial charge in [-0.3, -0.25) is 4.79 Å². The molecule has 0 radical (unpaired) electrons. The number of hydrogen-bond donors (Lipinski definition) is 1. The van der Waals surface area contributed by atoms with Crippen LogP contribution in [0.1, 0.15) is 43.0 Å². The second kappa shape index (κ2) is 9.30. The highest BCUT2D eigenvalue weighted by Crippen LogP contribution is 2.54. The highest BCUT2D eigenvalue weighted by molar-refractivity contribution is 9.10. The summed E-state index contributed by atoms with van der Waals surface area (Å²) >= 11 is 3.55. The van der Waals surface area contributed by atoms with E-state index >= 15 is 0 Å². The Morgan fingerprint density at radius 3 is 2.58 bits per heavy atom. The SMILES string of the molecule is CCOC(=O)COc1cccc(NC(=O)c2ccc(Br)cc2N2CCC3(CC2)CC3)c1. The van der Waals surface area contributed by atoms with Gasteiger partial charge in [0.15, 0.2) is 6.61 Å². The fourth-order valence-corrected chi connectivity index (χ4v) is 4.41. The predicted molar refractivity (Wildman–Crippen MR) is 124 cm³/mol. The number of nitrogens with one attached hydrogen (secondary N) is 1. The van der Waals surface area contributed by atoms with Crippen LogP contribution in [0.25, 0.3) is 0 Å². The topological polar surface area (TPSA) is 67.9 Å². The smallest absolute Gasteiger partial charge is 0.344 e. The third-order valence-corrected chi connectivity index (χ3v) is 6.57. The molecule has 2 fully saturated rings. The van der Waals surface area contributed by atoms with Gasteiger partial charge in [0, 0.05) is 29.3 Å². The molecule has 1 aliphatic heterocycles. The fraction of sp³-hybridized carbons (Fsp3) is 0.417. The molecule has 7 heteroatoms. The normalized spacial score (nSPS) is 16.6. The molecular weight excluding hydrogens is 460 g/mol. The molecule has 1 saturated heterocycles. The van der Waals surface area contributed by atoms with Crippen LogP contribution in [0, 0.1) is 5.41 Å². The summed E-state index contributed by atoms with van der Waals surface area (Å²) in [4.78, 5) is 26.9. The van der Waals surface area contributed by atoms with Gasteiger partial charge in [0.2, 0.25) is 0 Å². The number of carbonyl (C=O) groups is 2. The Hall–Kier alpha value is -2.54. The fourth-order valence-electron chi connectivity index (χ4n) is 4.06. The summed E-state index contributed by atoms with van der Waals surface area (Å²) < 4.78 is 11.3. The van der Waals surface area contributed by atoms with Gasteiger partial charge in [-0.25, -0.2) is 4.79 Å². The van der Waals surface area contributed by atoms with E-state index in [9.17, 15) is 9.59 Å². The number of rotatable bonds is 7. The average molecular weight is 487 g/mol. The van der Waals surface area contributed by atoms with Gasteiger partial charge in [0.05, 0.1) is 17.9 Å². The summed E-state index contributed by atoms with van der Waals surface area (Å²) in [6.45, 7) is 3.85. The largest absolute Gasteiger partial charge is 0.482 e. The summed E-state index contributed by atoms with van der Waals surface area (Å²) in [6, 6.07) is 12.8. The Kier molecular flexibility index (Phi) is 6.51. The maximum atomic E-state index is 13.1. The van der Waals surface area contributed by atoms with Gasteiger partial charge in [-0.15, -0.1) is 0 Å². The number of piperidine rings is 1. The van der Waals surface area contributed by atoms with Crippen LogP contribution in [0.2, 0.25) is 0 Å². The number of hydrogen-bond acceptors (Lipinski definition) is 5. The van der Waals surface area contributed by atoms with Crippen LogP contribution >= 0.6 is 15.9 Å². The van der Waals surface area contributed by atoms with Gasteiger partial charge in [-0.05, 0) is 68.4 Å². The van der Waals surface area contributed by atoms with Crippen LogP contribution in [0.4, 0.5) is 11.4 Å². The molecule has 0 aromatic heterocycles. The number of ether oxygens (including phenoxy) is 2. The zero-order valence-electron chi connectivity index (χ0n) is 17.7. The van der Waals surface area contributed by atoms with E-state index in [4.69, 9.17) is 9.47 Å². The molecule has 1 spiro atoms. The Morgan fingerprint density at radius 1 is 1.10 bits per heavy atom. The van der Waals surface area contributed by atoms with Crippen molar-refractivity contribution in [3.8, 4) is 5.75 Å². The molecule has 2 aromatic carbocycles. The number of nitrogens with zero attached hydrogens (tertiary/aromatic N) is 1. The van der Waals surface area contributed by atoms with Gasteiger partial charge in [-0.1, -0.05) is 22.0 Å². The van der Waals surface area contributed by atoms with E-state index in [2.05, 4.69) is 26.1 Å². The van der Waals surface area contributed by atoms with Crippen LogP contribution in [-0.2, 0) is 9.53 Å². The maximum Gasteiger partial charge on any atom is 0.344 e. The van der Waals surface area contributed by atoms with Crippen LogP contribution in [0.15, 0.2) is 46.9 Å². The van der Waals surface area contributed by atoms with Crippen LogP contribution in [-0.4, -0.2) is 38.2 Å². The minimum Gasteiger partial charge on any atom is -0.482 e. The van der Waals surface area contributed by atoms with Crippen molar-refractivity contribution in [2.45, 2.75) is 32.6 Å². The summed E-state index contributed by atoms with van der Waals surface area (Å²) in [7, 11) is 0. The molecule has 1 saturated carbocycles. The average Bonchev–Trinajstić information content (AvgIpc) is 3.52. The minimum atomic E-state index is -0.425. The third kappa shape index (κ3) is 5.39. The lowest BCUT2D eigenvalue weighted by molar-refractivity contribution is -0.145. The first-order chi connectivity index (χ1) is 15.0. The van der Waals surface area contributed by atoms with E-state index in [-0.39, 0.29) is 12.5 Å². The van der Waals surface area contributed by atoms with Crippen molar-refractivity contribution in [3.63, 3.8) is 0 Å². The summed E-state index contributed by atoms with van der Waals surface area (Å²) in [5.74, 6) is -0.102. The third-order valence-electron chi connectivity index (χ3n) is 6.08. The molecule has 1 heterocycles. The Labute approximate surface area is 191 Å². The lowest BCUT2D eigenvalue weighted by Crippen LogP contribution is -2.35. The zero-order valence-corrected chi connectivity index (χ0v) is 19.2. The highest BCUT2D eigenvalue weighted by atomic mass is 79.9. The minimum absolute atomic E-state index is 0.168. The van der Waals surface area contributed by atoms with E-state index < -0.39 is 5.97 Å². The van der Waals surface area contributed by atoms with Gasteiger partial charge >= 0.3 is 5.97 Å². The summed E-state index contributed by atoms with van der Waals surface area (Å²) in [5.41, 5.74) is 2.79. The van der Waals surface area contributed by atoms with E-state index in [0.717, 1.165) is 23.2 Å². The quantitative estimate of drug-likeness (QED) is 0.556. The number of carbonyl (C=O) groups excluding carboxylic acids is 2. The van der Waals surface area contributed by atoms with Crippen molar-refractivity contribution in [3.05, 3.63) is 52.5 Å². The molecule has 2 aliphatic rings. The molecular formula is C24H27BrN2O4. The van der Waals surface area contributed by atoms with Crippen LogP contribution in [0.5, 0.6) is 5.75 Å². The van der Waals surface area contributed by atoms with Crippen LogP contribution in [0.3, 0.4) is 0 Å². The van der Waals surface area contributed by atoms with E-state index in [1.165, 1.54) is 25.7 Å². The summed E-state index contributed by atoms with van der Waals surface area (Å²) in [5, 5.41) is 2.96. The van der Waals surface area contributed by atoms with Crippen molar-refractivity contribution < 1.29 is 19.1 Å². The predicted octanol–water partition coefficient (Wildman–Crippen LogP) is 5.02. The Balaban J connectivity index is 1.45. The molecule has 4 rings (SSSR count). The Morgan fingerprint density at radius 2 is 1.87 bits per heavy atom. The lowest BCUT2D eigenvalue weighted by atomic mass is 9.93. The van der Waals surface area contributed by atoms with Crippen molar-refractivity contribution >= 4 is 39.2 Å². The first kappa shape index (κ1) is 21.7. The lowest BCUT2D eigenvalue weighted by Gasteiger charge is -2.35. The second-order valence-corrected chi connectivity index (χ2v) is 9.14. The first-order valence-corrected chi connectivity index (χ1v) is 11.5. The molecule has 6 nitrogen and oxygen atoms in total. The molecule has 0 unspecified atom stereocenters. The zero-order chi connectivity index (χ0) is 21.8. The van der Waals surface area contributed by atoms with E-state index in [1.54, 1.807) is 31.2 Å². The van der Waals surface area contributed by atoms with Gasteiger partial charge in [0.25, 0.3) is 5.91 Å². The van der Waals surface area contributed by atoms with Gasteiger partial charge < -0.3 is 19.7 Å². The monoisotopic (exact) mass is 486 g/mol. The number of anilines is 2. The Bertz CT molecular complexity index is 964. The van der Waals surface area contributed by atoms with Gasteiger partial charge in [0.1, 0.15) is 5.75 Å². The van der Waals surface area contributed by atoms with E-state index in [0.29, 0.717) is 29.0 Å². The standard InChI is InChI=1S/C24H27BrN2O4/c1-2-30-22(28)16-31-19-5-3-4-18(15-19)26-23(29)20-7-6-17(25)14-21(20)27-12-10-24(8-9-24)11-13-27/h3-7,14-15H,2,8-13,16H2,1H3,(H,26,29). The molecule has 1 aliphatic carbocycles. The molecule has 1 N–H and O–H groups in total. The maximum absolute atomic E-state index is 13.1. The van der Waals surface area contributed by atoms with Crippen LogP contribution < -0.4 is 15.0 Å². The molecule has 0 bridgehead atoms. The first-order valence-electron chi connectivity index (χ1n) is 10.7. The van der Waals surface area contributed by atoms with E-state index in [1.807, 2.05) is 18.2 Å². The number of benzene rings is 2. The van der Waals surface area contributed by atoms with Crippen molar-refractivity contribution in [2.75, 3.05) is 36.5 Å². The number of halogens is 1. The molecule has 0 atom stereocenters. The number of esters is 1. The molecule has 164 valence electrons. The van der Waals surface area contributed by atoms with Gasteiger partial charge in [-0.2, -0.15) is 0 Å². The number of amides is 1. The van der Waals surface area contributed by atoms with Crippen molar-refractivity contribution in [2.24, 2.45) is 5.41 Å². The molecule has 2 aromatic rings. The summed E-state index contributed by atoms with van der Waals surface area (Å²) in [6.07, 6.45) is 5.09. The second-order valence-electron chi connectivity index (χ2n) is 8.22. The molecule has 1 amide bonds.